The van der Waals surface area contributed by atoms with E-state index in [0.29, 0.717) is 16.7 Å². The Labute approximate surface area is 120 Å². The summed E-state index contributed by atoms with van der Waals surface area (Å²) in [6, 6.07) is 4.99. The maximum Gasteiger partial charge on any atom is 0.145 e. The third kappa shape index (κ3) is 3.36. The summed E-state index contributed by atoms with van der Waals surface area (Å²) in [6.45, 7) is 1.95. The van der Waals surface area contributed by atoms with Crippen LogP contribution in [0.15, 0.2) is 35.1 Å². The van der Waals surface area contributed by atoms with Crippen molar-refractivity contribution in [1.29, 1.82) is 0 Å². The molecule has 0 bridgehead atoms. The first kappa shape index (κ1) is 14.1. The first-order chi connectivity index (χ1) is 9.11. The van der Waals surface area contributed by atoms with E-state index in [0.717, 1.165) is 11.1 Å². The van der Waals surface area contributed by atoms with Crippen molar-refractivity contribution in [1.82, 2.24) is 15.3 Å². The topological polar surface area (TPSA) is 37.8 Å². The molecule has 0 amide bonds. The maximum absolute atomic E-state index is 13.5. The molecule has 19 heavy (non-hydrogen) atoms. The van der Waals surface area contributed by atoms with Gasteiger partial charge in [0, 0.05) is 12.4 Å². The largest absolute Gasteiger partial charge is 0.310 e. The highest BCUT2D eigenvalue weighted by atomic mass is 79.9. The molecule has 2 aromatic rings. The number of benzene rings is 1. The van der Waals surface area contributed by atoms with E-state index >= 15 is 0 Å². The van der Waals surface area contributed by atoms with E-state index in [-0.39, 0.29) is 11.9 Å². The third-order valence-corrected chi connectivity index (χ3v) is 3.80. The monoisotopic (exact) mass is 323 g/mol. The Kier molecular flexibility index (Phi) is 4.61. The molecule has 1 aromatic heterocycles. The summed E-state index contributed by atoms with van der Waals surface area (Å²) in [5.41, 5.74) is 1.91. The minimum Gasteiger partial charge on any atom is -0.310 e. The summed E-state index contributed by atoms with van der Waals surface area (Å²) < 4.78 is 14.0. The molecule has 0 aliphatic rings. The van der Waals surface area contributed by atoms with Crippen molar-refractivity contribution in [2.75, 3.05) is 7.05 Å². The number of rotatable bonds is 4. The standard InChI is InChI=1S/C14H15BrFN3/c1-9-7-18-14(19-8-9)12(17-2)6-10-4-3-5-11(16)13(10)15/h3-5,7-8,12,17H,6H2,1-2H3. The highest BCUT2D eigenvalue weighted by Crippen LogP contribution is 2.24. The fourth-order valence-electron chi connectivity index (χ4n) is 1.83. The van der Waals surface area contributed by atoms with E-state index in [1.54, 1.807) is 18.5 Å². The minimum atomic E-state index is -0.253. The summed E-state index contributed by atoms with van der Waals surface area (Å²) in [6.07, 6.45) is 4.19. The normalized spacial score (nSPS) is 12.4. The van der Waals surface area contributed by atoms with Crippen LogP contribution in [-0.4, -0.2) is 17.0 Å². The van der Waals surface area contributed by atoms with Crippen LogP contribution in [0, 0.1) is 12.7 Å². The lowest BCUT2D eigenvalue weighted by Crippen LogP contribution is -2.21. The van der Waals surface area contributed by atoms with Crippen LogP contribution >= 0.6 is 15.9 Å². The molecule has 0 aliphatic carbocycles. The number of aromatic nitrogens is 2. The first-order valence-electron chi connectivity index (χ1n) is 6.00. The van der Waals surface area contributed by atoms with Gasteiger partial charge in [-0.05, 0) is 53.5 Å². The zero-order valence-corrected chi connectivity index (χ0v) is 12.4. The highest BCUT2D eigenvalue weighted by Gasteiger charge is 2.15. The molecular weight excluding hydrogens is 309 g/mol. The van der Waals surface area contributed by atoms with Gasteiger partial charge in [-0.15, -0.1) is 0 Å². The molecule has 0 spiro atoms. The number of likely N-dealkylation sites (N-methyl/N-ethyl adjacent to an activating group) is 1. The summed E-state index contributed by atoms with van der Waals surface area (Å²) in [5.74, 6) is 0.460. The molecule has 1 heterocycles. The van der Waals surface area contributed by atoms with Crippen LogP contribution in [0.5, 0.6) is 0 Å². The second-order valence-corrected chi connectivity index (χ2v) is 5.17. The van der Waals surface area contributed by atoms with Crippen molar-refractivity contribution < 1.29 is 4.39 Å². The quantitative estimate of drug-likeness (QED) is 0.939. The Morgan fingerprint density at radius 3 is 2.63 bits per heavy atom. The molecule has 3 nitrogen and oxygen atoms in total. The van der Waals surface area contributed by atoms with Crippen LogP contribution in [0.4, 0.5) is 4.39 Å². The molecule has 0 radical (unpaired) electrons. The Bertz CT molecular complexity index is 557. The number of nitrogens with one attached hydrogen (secondary N) is 1. The van der Waals surface area contributed by atoms with Gasteiger partial charge in [-0.2, -0.15) is 0 Å². The van der Waals surface area contributed by atoms with Gasteiger partial charge in [0.1, 0.15) is 11.6 Å². The van der Waals surface area contributed by atoms with Gasteiger partial charge in [0.25, 0.3) is 0 Å². The Morgan fingerprint density at radius 1 is 1.32 bits per heavy atom. The molecule has 100 valence electrons. The van der Waals surface area contributed by atoms with E-state index in [9.17, 15) is 4.39 Å². The van der Waals surface area contributed by atoms with E-state index in [1.165, 1.54) is 6.07 Å². The predicted molar refractivity (Wildman–Crippen MR) is 76.4 cm³/mol. The van der Waals surface area contributed by atoms with Crippen molar-refractivity contribution in [3.8, 4) is 0 Å². The Balaban J connectivity index is 2.24. The lowest BCUT2D eigenvalue weighted by atomic mass is 10.1. The van der Waals surface area contributed by atoms with Gasteiger partial charge in [0.2, 0.25) is 0 Å². The van der Waals surface area contributed by atoms with Crippen LogP contribution in [0.1, 0.15) is 23.0 Å². The second kappa shape index (κ2) is 6.21. The molecule has 1 N–H and O–H groups in total. The number of hydrogen-bond donors (Lipinski definition) is 1. The maximum atomic E-state index is 13.5. The van der Waals surface area contributed by atoms with Gasteiger partial charge >= 0.3 is 0 Å². The molecule has 0 fully saturated rings. The van der Waals surface area contributed by atoms with Crippen molar-refractivity contribution in [2.45, 2.75) is 19.4 Å². The fraction of sp³-hybridized carbons (Fsp3) is 0.286. The molecule has 5 heteroatoms. The molecule has 1 atom stereocenters. The van der Waals surface area contributed by atoms with Gasteiger partial charge in [0.05, 0.1) is 10.5 Å². The molecular formula is C14H15BrFN3. The van der Waals surface area contributed by atoms with Crippen molar-refractivity contribution in [3.63, 3.8) is 0 Å². The molecule has 0 aliphatic heterocycles. The summed E-state index contributed by atoms with van der Waals surface area (Å²) in [7, 11) is 1.85. The predicted octanol–water partition coefficient (Wildman–Crippen LogP) is 3.19. The SMILES string of the molecule is CNC(Cc1cccc(F)c1Br)c1ncc(C)cn1. The van der Waals surface area contributed by atoms with Gasteiger partial charge in [-0.1, -0.05) is 12.1 Å². The number of hydrogen-bond acceptors (Lipinski definition) is 3. The summed E-state index contributed by atoms with van der Waals surface area (Å²) in [4.78, 5) is 8.63. The van der Waals surface area contributed by atoms with Crippen molar-refractivity contribution in [2.24, 2.45) is 0 Å². The zero-order valence-electron chi connectivity index (χ0n) is 10.8. The highest BCUT2D eigenvalue weighted by molar-refractivity contribution is 9.10. The average molecular weight is 324 g/mol. The average Bonchev–Trinajstić information content (AvgIpc) is 2.42. The Morgan fingerprint density at radius 2 is 2.00 bits per heavy atom. The van der Waals surface area contributed by atoms with E-state index in [2.05, 4.69) is 31.2 Å². The number of aryl methyl sites for hydroxylation is 1. The minimum absolute atomic E-state index is 0.0429. The fourth-order valence-corrected chi connectivity index (χ4v) is 2.26. The lowest BCUT2D eigenvalue weighted by Gasteiger charge is -2.16. The van der Waals surface area contributed by atoms with Crippen LogP contribution in [0.2, 0.25) is 0 Å². The number of halogens is 2. The van der Waals surface area contributed by atoms with Crippen LogP contribution < -0.4 is 5.32 Å². The molecule has 1 unspecified atom stereocenters. The van der Waals surface area contributed by atoms with Crippen LogP contribution in [-0.2, 0) is 6.42 Å². The first-order valence-corrected chi connectivity index (χ1v) is 6.80. The molecule has 2 rings (SSSR count). The zero-order chi connectivity index (χ0) is 13.8. The van der Waals surface area contributed by atoms with E-state index in [4.69, 9.17) is 0 Å². The Hall–Kier alpha value is -1.33. The molecule has 0 saturated carbocycles. The van der Waals surface area contributed by atoms with E-state index < -0.39 is 0 Å². The van der Waals surface area contributed by atoms with Crippen LogP contribution in [0.25, 0.3) is 0 Å². The smallest absolute Gasteiger partial charge is 0.145 e. The lowest BCUT2D eigenvalue weighted by molar-refractivity contribution is 0.550. The van der Waals surface area contributed by atoms with Gasteiger partial charge < -0.3 is 5.32 Å². The van der Waals surface area contributed by atoms with Gasteiger partial charge in [-0.3, -0.25) is 0 Å². The van der Waals surface area contributed by atoms with Crippen LogP contribution in [0.3, 0.4) is 0 Å². The van der Waals surface area contributed by atoms with Crippen molar-refractivity contribution >= 4 is 15.9 Å². The third-order valence-electron chi connectivity index (χ3n) is 2.92. The van der Waals surface area contributed by atoms with Crippen molar-refractivity contribution in [3.05, 3.63) is 57.8 Å². The number of nitrogens with zero attached hydrogens (tertiary/aromatic N) is 2. The molecule has 0 saturated heterocycles. The summed E-state index contributed by atoms with van der Waals surface area (Å²) >= 11 is 3.28. The van der Waals surface area contributed by atoms with Gasteiger partial charge in [0.15, 0.2) is 0 Å². The van der Waals surface area contributed by atoms with Gasteiger partial charge in [-0.25, -0.2) is 14.4 Å². The molecule has 1 aromatic carbocycles. The van der Waals surface area contributed by atoms with E-state index in [1.807, 2.05) is 20.0 Å². The summed E-state index contributed by atoms with van der Waals surface area (Å²) in [5, 5.41) is 3.16. The second-order valence-electron chi connectivity index (χ2n) is 4.38.